The lowest BCUT2D eigenvalue weighted by Gasteiger charge is -2.09. The monoisotopic (exact) mass is 384 g/mol. The molecule has 1 N–H and O–H groups in total. The van der Waals surface area contributed by atoms with Gasteiger partial charge in [-0.15, -0.1) is 0 Å². The van der Waals surface area contributed by atoms with Crippen molar-refractivity contribution in [1.82, 2.24) is 4.98 Å². The minimum atomic E-state index is 0.515. The Labute approximate surface area is 129 Å². The van der Waals surface area contributed by atoms with Crippen LogP contribution in [0.1, 0.15) is 12.5 Å². The number of hydrogen-bond donors (Lipinski definition) is 1. The van der Waals surface area contributed by atoms with Crippen LogP contribution in [0.5, 0.6) is 5.75 Å². The molecule has 0 bridgehead atoms. The predicted molar refractivity (Wildman–Crippen MR) is 84.6 cm³/mol. The van der Waals surface area contributed by atoms with Crippen molar-refractivity contribution in [3.63, 3.8) is 0 Å². The summed E-state index contributed by atoms with van der Waals surface area (Å²) in [5, 5.41) is 3.18. The molecule has 0 unspecified atom stereocenters. The number of benzene rings is 1. The van der Waals surface area contributed by atoms with Crippen LogP contribution in [0.15, 0.2) is 45.5 Å². The fourth-order valence-electron chi connectivity index (χ4n) is 1.60. The lowest BCUT2D eigenvalue weighted by atomic mass is 10.2. The lowest BCUT2D eigenvalue weighted by molar-refractivity contribution is 0.304. The lowest BCUT2D eigenvalue weighted by Crippen LogP contribution is -2.01. The van der Waals surface area contributed by atoms with Gasteiger partial charge in [-0.05, 0) is 58.7 Å². The van der Waals surface area contributed by atoms with Gasteiger partial charge in [0.05, 0.1) is 4.47 Å². The molecule has 1 aromatic carbocycles. The second-order valence-corrected chi connectivity index (χ2v) is 5.71. The third kappa shape index (κ3) is 4.21. The smallest absolute Gasteiger partial charge is 0.134 e. The van der Waals surface area contributed by atoms with Gasteiger partial charge in [0, 0.05) is 17.2 Å². The molecule has 0 saturated carbocycles. The zero-order chi connectivity index (χ0) is 13.7. The highest BCUT2D eigenvalue weighted by Gasteiger charge is 2.03. The van der Waals surface area contributed by atoms with Gasteiger partial charge >= 0.3 is 0 Å². The number of nitrogens with one attached hydrogen (secondary N) is 1. The molecule has 0 aliphatic heterocycles. The summed E-state index contributed by atoms with van der Waals surface area (Å²) in [4.78, 5) is 4.23. The van der Waals surface area contributed by atoms with Gasteiger partial charge in [0.2, 0.25) is 0 Å². The summed E-state index contributed by atoms with van der Waals surface area (Å²) in [5.41, 5.74) is 1.08. The van der Waals surface area contributed by atoms with E-state index in [2.05, 4.69) is 42.2 Å². The summed E-state index contributed by atoms with van der Waals surface area (Å²) in [5.74, 6) is 1.70. The predicted octanol–water partition coefficient (Wildman–Crippen LogP) is 4.62. The van der Waals surface area contributed by atoms with Gasteiger partial charge in [-0.2, -0.15) is 0 Å². The molecule has 0 radical (unpaired) electrons. The molecule has 0 atom stereocenters. The quantitative estimate of drug-likeness (QED) is 0.815. The Kier molecular flexibility index (Phi) is 5.22. The van der Waals surface area contributed by atoms with Crippen molar-refractivity contribution >= 4 is 37.7 Å². The first-order valence-electron chi connectivity index (χ1n) is 5.95. The number of halogens is 2. The molecule has 100 valence electrons. The van der Waals surface area contributed by atoms with E-state index in [-0.39, 0.29) is 0 Å². The molecular weight excluding hydrogens is 372 g/mol. The molecule has 2 aromatic rings. The molecule has 5 heteroatoms. The molecular formula is C14H14Br2N2O. The average molecular weight is 386 g/mol. The highest BCUT2D eigenvalue weighted by Crippen LogP contribution is 2.28. The highest BCUT2D eigenvalue weighted by atomic mass is 79.9. The third-order valence-corrected chi connectivity index (χ3v) is 3.58. The summed E-state index contributed by atoms with van der Waals surface area (Å²) in [7, 11) is 0. The van der Waals surface area contributed by atoms with Gasteiger partial charge in [-0.1, -0.05) is 15.9 Å². The van der Waals surface area contributed by atoms with Gasteiger partial charge in [0.15, 0.2) is 0 Å². The Morgan fingerprint density at radius 2 is 2.05 bits per heavy atom. The van der Waals surface area contributed by atoms with Crippen LogP contribution >= 0.6 is 31.9 Å². The molecule has 0 spiro atoms. The number of ether oxygens (including phenoxy) is 1. The zero-order valence-corrected chi connectivity index (χ0v) is 13.7. The van der Waals surface area contributed by atoms with E-state index in [1.54, 1.807) is 6.20 Å². The van der Waals surface area contributed by atoms with Crippen LogP contribution in [0.25, 0.3) is 0 Å². The van der Waals surface area contributed by atoms with Crippen molar-refractivity contribution in [2.45, 2.75) is 13.5 Å². The molecule has 3 nitrogen and oxygen atoms in total. The summed E-state index contributed by atoms with van der Waals surface area (Å²) in [6, 6.07) is 9.80. The Hall–Kier alpha value is -1.07. The van der Waals surface area contributed by atoms with Gasteiger partial charge in [-0.25, -0.2) is 4.98 Å². The van der Waals surface area contributed by atoms with Gasteiger partial charge in [0.25, 0.3) is 0 Å². The normalized spacial score (nSPS) is 10.3. The number of rotatable bonds is 5. The number of anilines is 1. The van der Waals surface area contributed by atoms with Crippen LogP contribution in [-0.4, -0.2) is 11.5 Å². The van der Waals surface area contributed by atoms with E-state index in [1.165, 1.54) is 0 Å². The van der Waals surface area contributed by atoms with Crippen molar-refractivity contribution in [2.75, 3.05) is 11.9 Å². The molecule has 0 saturated heterocycles. The van der Waals surface area contributed by atoms with Crippen LogP contribution in [-0.2, 0) is 6.61 Å². The van der Waals surface area contributed by atoms with Crippen LogP contribution in [0.4, 0.5) is 5.82 Å². The molecule has 1 aromatic heterocycles. The van der Waals surface area contributed by atoms with E-state index in [0.29, 0.717) is 6.61 Å². The van der Waals surface area contributed by atoms with E-state index < -0.39 is 0 Å². The first kappa shape index (κ1) is 14.3. The second-order valence-electron chi connectivity index (χ2n) is 3.94. The van der Waals surface area contributed by atoms with Crippen LogP contribution < -0.4 is 10.1 Å². The van der Waals surface area contributed by atoms with Gasteiger partial charge in [0.1, 0.15) is 18.2 Å². The largest absolute Gasteiger partial charge is 0.488 e. The maximum Gasteiger partial charge on any atom is 0.134 e. The highest BCUT2D eigenvalue weighted by molar-refractivity contribution is 9.11. The number of hydrogen-bond acceptors (Lipinski definition) is 3. The average Bonchev–Trinajstić information content (AvgIpc) is 2.38. The van der Waals surface area contributed by atoms with E-state index in [4.69, 9.17) is 4.74 Å². The Balaban J connectivity index is 2.03. The first-order valence-corrected chi connectivity index (χ1v) is 7.54. The Morgan fingerprint density at radius 3 is 2.79 bits per heavy atom. The number of aromatic nitrogens is 1. The summed E-state index contributed by atoms with van der Waals surface area (Å²) in [6.07, 6.45) is 1.79. The second kappa shape index (κ2) is 6.91. The van der Waals surface area contributed by atoms with Crippen LogP contribution in [0, 0.1) is 0 Å². The molecule has 1 heterocycles. The van der Waals surface area contributed by atoms with Crippen molar-refractivity contribution in [3.05, 3.63) is 51.0 Å². The number of nitrogens with zero attached hydrogens (tertiary/aromatic N) is 1. The van der Waals surface area contributed by atoms with E-state index in [0.717, 1.165) is 32.6 Å². The van der Waals surface area contributed by atoms with Gasteiger partial charge < -0.3 is 10.1 Å². The third-order valence-electron chi connectivity index (χ3n) is 2.47. The van der Waals surface area contributed by atoms with E-state index in [1.807, 2.05) is 37.3 Å². The minimum absolute atomic E-state index is 0.515. The molecule has 0 amide bonds. The van der Waals surface area contributed by atoms with Crippen molar-refractivity contribution in [1.29, 1.82) is 0 Å². The SMILES string of the molecule is CCNc1cc(COc2ccc(Br)cc2Br)ccn1. The van der Waals surface area contributed by atoms with Crippen LogP contribution in [0.2, 0.25) is 0 Å². The van der Waals surface area contributed by atoms with E-state index >= 15 is 0 Å². The van der Waals surface area contributed by atoms with Crippen molar-refractivity contribution in [2.24, 2.45) is 0 Å². The molecule has 19 heavy (non-hydrogen) atoms. The topological polar surface area (TPSA) is 34.1 Å². The molecule has 2 rings (SSSR count). The Bertz CT molecular complexity index is 561. The summed E-state index contributed by atoms with van der Waals surface area (Å²) >= 11 is 6.90. The molecule has 0 aliphatic carbocycles. The van der Waals surface area contributed by atoms with Crippen molar-refractivity contribution < 1.29 is 4.74 Å². The Morgan fingerprint density at radius 1 is 1.21 bits per heavy atom. The summed E-state index contributed by atoms with van der Waals surface area (Å²) in [6.45, 7) is 3.42. The van der Waals surface area contributed by atoms with Gasteiger partial charge in [-0.3, -0.25) is 0 Å². The maximum absolute atomic E-state index is 5.79. The minimum Gasteiger partial charge on any atom is -0.488 e. The van der Waals surface area contributed by atoms with Crippen LogP contribution in [0.3, 0.4) is 0 Å². The van der Waals surface area contributed by atoms with Crippen molar-refractivity contribution in [3.8, 4) is 5.75 Å². The fourth-order valence-corrected chi connectivity index (χ4v) is 2.76. The maximum atomic E-state index is 5.79. The molecule has 0 fully saturated rings. The first-order chi connectivity index (χ1) is 9.19. The molecule has 0 aliphatic rings. The van der Waals surface area contributed by atoms with E-state index in [9.17, 15) is 0 Å². The zero-order valence-electron chi connectivity index (χ0n) is 10.5. The number of pyridine rings is 1. The standard InChI is InChI=1S/C14H14Br2N2O/c1-2-17-14-7-10(5-6-18-14)9-19-13-4-3-11(15)8-12(13)16/h3-8H,2,9H2,1H3,(H,17,18). The fraction of sp³-hybridized carbons (Fsp3) is 0.214. The summed E-state index contributed by atoms with van der Waals surface area (Å²) < 4.78 is 7.74.